The van der Waals surface area contributed by atoms with Crippen molar-refractivity contribution in [2.75, 3.05) is 19.7 Å². The minimum absolute atomic E-state index is 0.0471. The van der Waals surface area contributed by atoms with Gasteiger partial charge in [-0.05, 0) is 48.1 Å². The molecular formula is C22H25NO3. The highest BCUT2D eigenvalue weighted by molar-refractivity contribution is 5.96. The second kappa shape index (κ2) is 8.65. The van der Waals surface area contributed by atoms with Crippen LogP contribution in [-0.2, 0) is 14.3 Å². The lowest BCUT2D eigenvalue weighted by molar-refractivity contribution is -0.143. The van der Waals surface area contributed by atoms with E-state index in [-0.39, 0.29) is 18.3 Å². The molecule has 26 heavy (non-hydrogen) atoms. The van der Waals surface area contributed by atoms with Crippen molar-refractivity contribution in [2.45, 2.75) is 26.2 Å². The van der Waals surface area contributed by atoms with Crippen molar-refractivity contribution < 1.29 is 14.3 Å². The Kier molecular flexibility index (Phi) is 6.05. The predicted octanol–water partition coefficient (Wildman–Crippen LogP) is 4.04. The minimum Gasteiger partial charge on any atom is -0.466 e. The van der Waals surface area contributed by atoms with Gasteiger partial charge in [-0.15, -0.1) is 0 Å². The lowest BCUT2D eigenvalue weighted by atomic mass is 10.0. The van der Waals surface area contributed by atoms with E-state index in [0.717, 1.165) is 35.7 Å². The maximum atomic E-state index is 12.7. The summed E-state index contributed by atoms with van der Waals surface area (Å²) in [4.78, 5) is 26.1. The zero-order chi connectivity index (χ0) is 18.4. The Labute approximate surface area is 154 Å². The van der Waals surface area contributed by atoms with Crippen LogP contribution >= 0.6 is 0 Å². The van der Waals surface area contributed by atoms with Gasteiger partial charge in [-0.1, -0.05) is 42.5 Å². The lowest BCUT2D eigenvalue weighted by Gasteiger charge is -2.20. The second-order valence-electron chi connectivity index (χ2n) is 6.68. The molecule has 0 unspecified atom stereocenters. The average molecular weight is 351 g/mol. The summed E-state index contributed by atoms with van der Waals surface area (Å²) in [6.45, 7) is 3.29. The highest BCUT2D eigenvalue weighted by atomic mass is 16.5. The maximum absolute atomic E-state index is 12.7. The fraction of sp³-hybridized carbons (Fsp3) is 0.364. The zero-order valence-corrected chi connectivity index (χ0v) is 15.2. The van der Waals surface area contributed by atoms with Crippen LogP contribution < -0.4 is 0 Å². The molecule has 0 heterocycles. The van der Waals surface area contributed by atoms with Crippen LogP contribution in [0, 0.1) is 5.92 Å². The highest BCUT2D eigenvalue weighted by Crippen LogP contribution is 2.30. The summed E-state index contributed by atoms with van der Waals surface area (Å²) in [5.74, 6) is 0.278. The first-order chi connectivity index (χ1) is 12.7. The molecule has 1 amide bonds. The minimum atomic E-state index is -0.251. The summed E-state index contributed by atoms with van der Waals surface area (Å²) in [6.07, 6.45) is 6.06. The second-order valence-corrected chi connectivity index (χ2v) is 6.68. The molecule has 0 spiro atoms. The third kappa shape index (κ3) is 4.94. The first kappa shape index (κ1) is 18.2. The van der Waals surface area contributed by atoms with Gasteiger partial charge in [0, 0.05) is 19.2 Å². The topological polar surface area (TPSA) is 46.6 Å². The van der Waals surface area contributed by atoms with Crippen molar-refractivity contribution in [3.63, 3.8) is 0 Å². The van der Waals surface area contributed by atoms with Gasteiger partial charge in [0.25, 0.3) is 0 Å². The molecule has 2 aromatic carbocycles. The number of fused-ring (bicyclic) bond motifs is 1. The van der Waals surface area contributed by atoms with Crippen molar-refractivity contribution >= 4 is 28.7 Å². The van der Waals surface area contributed by atoms with E-state index in [1.807, 2.05) is 30.3 Å². The number of amides is 1. The predicted molar refractivity (Wildman–Crippen MR) is 104 cm³/mol. The van der Waals surface area contributed by atoms with Crippen LogP contribution in [0.2, 0.25) is 0 Å². The summed E-state index contributed by atoms with van der Waals surface area (Å²) in [5.41, 5.74) is 1.02. The van der Waals surface area contributed by atoms with E-state index < -0.39 is 0 Å². The van der Waals surface area contributed by atoms with Crippen molar-refractivity contribution in [3.05, 3.63) is 54.1 Å². The van der Waals surface area contributed by atoms with Gasteiger partial charge in [0.15, 0.2) is 0 Å². The van der Waals surface area contributed by atoms with Crippen molar-refractivity contribution in [2.24, 2.45) is 5.92 Å². The van der Waals surface area contributed by atoms with Gasteiger partial charge >= 0.3 is 5.97 Å². The lowest BCUT2D eigenvalue weighted by Crippen LogP contribution is -2.33. The van der Waals surface area contributed by atoms with Crippen LogP contribution in [0.4, 0.5) is 0 Å². The van der Waals surface area contributed by atoms with Gasteiger partial charge in [0.1, 0.15) is 0 Å². The number of rotatable bonds is 8. The number of carbonyl (C=O) groups excluding carboxylic acids is 2. The van der Waals surface area contributed by atoms with Crippen molar-refractivity contribution in [3.8, 4) is 0 Å². The van der Waals surface area contributed by atoms with Crippen LogP contribution in [0.15, 0.2) is 48.5 Å². The third-order valence-corrected chi connectivity index (χ3v) is 4.61. The molecule has 0 saturated heterocycles. The number of hydrogen-bond donors (Lipinski definition) is 0. The molecule has 3 rings (SSSR count). The Balaban J connectivity index is 1.69. The van der Waals surface area contributed by atoms with Gasteiger partial charge in [-0.25, -0.2) is 0 Å². The summed E-state index contributed by atoms with van der Waals surface area (Å²) >= 11 is 0. The fourth-order valence-corrected chi connectivity index (χ4v) is 3.03. The van der Waals surface area contributed by atoms with Crippen molar-refractivity contribution in [1.29, 1.82) is 0 Å². The van der Waals surface area contributed by atoms with Gasteiger partial charge in [0.2, 0.25) is 5.91 Å². The van der Waals surface area contributed by atoms with Crippen LogP contribution in [-0.4, -0.2) is 36.5 Å². The summed E-state index contributed by atoms with van der Waals surface area (Å²) in [7, 11) is 0. The summed E-state index contributed by atoms with van der Waals surface area (Å²) < 4.78 is 4.98. The number of nitrogens with zero attached hydrogens (tertiary/aromatic N) is 1. The molecule has 136 valence electrons. The molecule has 2 aromatic rings. The Hall–Kier alpha value is -2.62. The highest BCUT2D eigenvalue weighted by Gasteiger charge is 2.26. The van der Waals surface area contributed by atoms with Crippen LogP contribution in [0.1, 0.15) is 31.7 Å². The first-order valence-corrected chi connectivity index (χ1v) is 9.27. The van der Waals surface area contributed by atoms with Crippen LogP contribution in [0.25, 0.3) is 16.8 Å². The van der Waals surface area contributed by atoms with E-state index in [1.54, 1.807) is 17.9 Å². The number of ether oxygens (including phenoxy) is 1. The molecule has 4 nitrogen and oxygen atoms in total. The molecule has 0 atom stereocenters. The van der Waals surface area contributed by atoms with E-state index in [9.17, 15) is 9.59 Å². The monoisotopic (exact) mass is 351 g/mol. The molecule has 0 N–H and O–H groups in total. The van der Waals surface area contributed by atoms with Gasteiger partial charge in [-0.2, -0.15) is 0 Å². The molecule has 0 aliphatic heterocycles. The zero-order valence-electron chi connectivity index (χ0n) is 15.2. The van der Waals surface area contributed by atoms with E-state index in [4.69, 9.17) is 4.74 Å². The van der Waals surface area contributed by atoms with Crippen LogP contribution in [0.5, 0.6) is 0 Å². The SMILES string of the molecule is CCOC(=O)CCN(CC1CC1)C(=O)/C=C/c1cccc2ccccc12. The molecule has 0 bridgehead atoms. The molecule has 1 aliphatic rings. The Bertz CT molecular complexity index is 803. The Morgan fingerprint density at radius 1 is 1.15 bits per heavy atom. The number of benzene rings is 2. The molecule has 1 aliphatic carbocycles. The first-order valence-electron chi connectivity index (χ1n) is 9.27. The summed E-state index contributed by atoms with van der Waals surface area (Å²) in [5, 5.41) is 2.28. The third-order valence-electron chi connectivity index (χ3n) is 4.61. The van der Waals surface area contributed by atoms with E-state index in [0.29, 0.717) is 19.1 Å². The quantitative estimate of drug-likeness (QED) is 0.532. The largest absolute Gasteiger partial charge is 0.466 e. The van der Waals surface area contributed by atoms with Gasteiger partial charge < -0.3 is 9.64 Å². The van der Waals surface area contributed by atoms with E-state index in [1.165, 1.54) is 0 Å². The molecule has 1 saturated carbocycles. The summed E-state index contributed by atoms with van der Waals surface area (Å²) in [6, 6.07) is 14.2. The average Bonchev–Trinajstić information content (AvgIpc) is 3.47. The van der Waals surface area contributed by atoms with Gasteiger partial charge in [-0.3, -0.25) is 9.59 Å². The van der Waals surface area contributed by atoms with Crippen LogP contribution in [0.3, 0.4) is 0 Å². The molecule has 4 heteroatoms. The van der Waals surface area contributed by atoms with E-state index in [2.05, 4.69) is 18.2 Å². The number of hydrogen-bond acceptors (Lipinski definition) is 3. The Morgan fingerprint density at radius 3 is 2.69 bits per heavy atom. The van der Waals surface area contributed by atoms with Gasteiger partial charge in [0.05, 0.1) is 13.0 Å². The number of esters is 1. The molecule has 0 radical (unpaired) electrons. The molecular weight excluding hydrogens is 326 g/mol. The fourth-order valence-electron chi connectivity index (χ4n) is 3.03. The Morgan fingerprint density at radius 2 is 1.92 bits per heavy atom. The molecule has 0 aromatic heterocycles. The standard InChI is InChI=1S/C22H25NO3/c1-2-26-22(25)14-15-23(16-17-10-11-17)21(24)13-12-19-8-5-7-18-6-3-4-9-20(18)19/h3-9,12-13,17H,2,10-11,14-16H2,1H3/b13-12+. The maximum Gasteiger partial charge on any atom is 0.307 e. The smallest absolute Gasteiger partial charge is 0.307 e. The van der Waals surface area contributed by atoms with E-state index >= 15 is 0 Å². The number of carbonyl (C=O) groups is 2. The van der Waals surface area contributed by atoms with Crippen molar-refractivity contribution in [1.82, 2.24) is 4.90 Å². The molecule has 1 fully saturated rings. The normalized spacial score (nSPS) is 13.9.